The van der Waals surface area contributed by atoms with Crippen LogP contribution in [0.15, 0.2) is 60.2 Å². The zero-order valence-electron chi connectivity index (χ0n) is 16.4. The fourth-order valence-electron chi connectivity index (χ4n) is 3.97. The fraction of sp³-hybridized carbons (Fsp3) is 0.125. The third-order valence-electron chi connectivity index (χ3n) is 5.51. The Hall–Kier alpha value is -2.80. The summed E-state index contributed by atoms with van der Waals surface area (Å²) >= 11 is 12.9. The van der Waals surface area contributed by atoms with Gasteiger partial charge in [-0.3, -0.25) is 19.8 Å². The molecule has 154 valence electrons. The van der Waals surface area contributed by atoms with Crippen LogP contribution in [0.1, 0.15) is 26.4 Å². The van der Waals surface area contributed by atoms with E-state index in [-0.39, 0.29) is 10.7 Å². The van der Waals surface area contributed by atoms with E-state index in [1.54, 1.807) is 41.7 Å². The molecular weight excluding hydrogens is 448 g/mol. The third kappa shape index (κ3) is 3.83. The minimum Gasteiger partial charge on any atom is -0.298 e. The Morgan fingerprint density at radius 2 is 1.74 bits per heavy atom. The highest BCUT2D eigenvalue weighted by molar-refractivity contribution is 7.80. The number of carbonyl (C=O) groups excluding carboxylic acids is 2. The normalized spacial score (nSPS) is 17.3. The molecule has 0 bridgehead atoms. The number of thiocarbonyl (C=S) groups is 1. The molecule has 0 spiro atoms. The van der Waals surface area contributed by atoms with E-state index < -0.39 is 11.8 Å². The summed E-state index contributed by atoms with van der Waals surface area (Å²) in [5.41, 5.74) is 4.61. The van der Waals surface area contributed by atoms with Crippen molar-refractivity contribution in [1.29, 1.82) is 0 Å². The number of nitrogens with zero attached hydrogens (tertiary/aromatic N) is 1. The van der Waals surface area contributed by atoms with E-state index in [9.17, 15) is 9.59 Å². The number of aryl methyl sites for hydroxylation is 2. The van der Waals surface area contributed by atoms with Gasteiger partial charge >= 0.3 is 0 Å². The largest absolute Gasteiger partial charge is 0.298 e. The first-order valence-electron chi connectivity index (χ1n) is 9.85. The lowest BCUT2D eigenvalue weighted by Crippen LogP contribution is -2.54. The van der Waals surface area contributed by atoms with Gasteiger partial charge in [0, 0.05) is 14.8 Å². The molecule has 0 atom stereocenters. The molecule has 0 saturated carbocycles. The van der Waals surface area contributed by atoms with Crippen LogP contribution >= 0.6 is 35.2 Å². The highest BCUT2D eigenvalue weighted by Crippen LogP contribution is 2.32. The van der Waals surface area contributed by atoms with E-state index in [1.807, 2.05) is 0 Å². The maximum atomic E-state index is 13.2. The molecule has 1 aliphatic carbocycles. The van der Waals surface area contributed by atoms with Crippen molar-refractivity contribution in [3.05, 3.63) is 91.6 Å². The van der Waals surface area contributed by atoms with Crippen LogP contribution in [0.25, 0.3) is 6.08 Å². The van der Waals surface area contributed by atoms with E-state index in [4.69, 9.17) is 23.8 Å². The fourth-order valence-corrected chi connectivity index (χ4v) is 5.51. The Kier molecular flexibility index (Phi) is 5.22. The third-order valence-corrected chi connectivity index (χ3v) is 7.23. The van der Waals surface area contributed by atoms with Crippen molar-refractivity contribution < 1.29 is 9.59 Å². The van der Waals surface area contributed by atoms with Crippen LogP contribution in [0.2, 0.25) is 5.02 Å². The van der Waals surface area contributed by atoms with Crippen molar-refractivity contribution in [3.8, 4) is 0 Å². The first kappa shape index (κ1) is 20.1. The molecule has 1 N–H and O–H groups in total. The Morgan fingerprint density at radius 1 is 1.00 bits per heavy atom. The number of benzene rings is 2. The highest BCUT2D eigenvalue weighted by Gasteiger charge is 2.34. The summed E-state index contributed by atoms with van der Waals surface area (Å²) in [5.74, 6) is -0.917. The molecule has 2 aliphatic rings. The average molecular weight is 465 g/mol. The lowest BCUT2D eigenvalue weighted by Gasteiger charge is -2.28. The van der Waals surface area contributed by atoms with E-state index in [0.717, 1.165) is 24.1 Å². The number of rotatable bonds is 2. The predicted octanol–water partition coefficient (Wildman–Crippen LogP) is 4.92. The summed E-state index contributed by atoms with van der Waals surface area (Å²) in [5, 5.41) is 3.25. The molecule has 31 heavy (non-hydrogen) atoms. The highest BCUT2D eigenvalue weighted by atomic mass is 35.5. The number of amides is 2. The van der Waals surface area contributed by atoms with Gasteiger partial charge in [-0.05, 0) is 84.6 Å². The number of halogens is 1. The Balaban J connectivity index is 1.48. The maximum absolute atomic E-state index is 13.2. The van der Waals surface area contributed by atoms with Crippen LogP contribution < -0.4 is 10.2 Å². The molecule has 1 fully saturated rings. The standard InChI is InChI=1S/C24H17ClN2O2S2/c25-17-6-8-18(9-7-17)27-23(29)20(22(28)26-24(27)30)13-19-12-16-11-15-4-2-1-3-14(15)5-10-21(16)31-19/h1-4,6-9,12-13H,5,10-11H2,(H,26,28,30). The van der Waals surface area contributed by atoms with Crippen molar-refractivity contribution in [3.63, 3.8) is 0 Å². The Labute approximate surface area is 194 Å². The van der Waals surface area contributed by atoms with Gasteiger partial charge in [0.05, 0.1) is 5.69 Å². The second-order valence-corrected chi connectivity index (χ2v) is 9.47. The van der Waals surface area contributed by atoms with E-state index in [0.29, 0.717) is 10.7 Å². The molecule has 2 amide bonds. The van der Waals surface area contributed by atoms with Gasteiger partial charge < -0.3 is 0 Å². The SMILES string of the molecule is O=C1NC(=S)N(c2ccc(Cl)cc2)C(=O)C1=Cc1cc2c(s1)CCc1ccccc1C2. The van der Waals surface area contributed by atoms with Crippen LogP contribution in [-0.2, 0) is 28.9 Å². The van der Waals surface area contributed by atoms with Gasteiger partial charge in [0.25, 0.3) is 11.8 Å². The summed E-state index contributed by atoms with van der Waals surface area (Å²) in [6, 6.07) is 17.4. The maximum Gasteiger partial charge on any atom is 0.270 e. The second-order valence-electron chi connectivity index (χ2n) is 7.48. The monoisotopic (exact) mass is 464 g/mol. The van der Waals surface area contributed by atoms with Crippen molar-refractivity contribution in [2.75, 3.05) is 4.90 Å². The molecule has 1 saturated heterocycles. The van der Waals surface area contributed by atoms with Crippen LogP contribution in [-0.4, -0.2) is 16.9 Å². The molecule has 1 aliphatic heterocycles. The van der Waals surface area contributed by atoms with Gasteiger partial charge in [-0.15, -0.1) is 11.3 Å². The molecule has 0 radical (unpaired) electrons. The van der Waals surface area contributed by atoms with Gasteiger partial charge in [-0.1, -0.05) is 35.9 Å². The number of nitrogens with one attached hydrogen (secondary N) is 1. The summed E-state index contributed by atoms with van der Waals surface area (Å²) in [4.78, 5) is 29.3. The molecule has 7 heteroatoms. The molecule has 5 rings (SSSR count). The summed E-state index contributed by atoms with van der Waals surface area (Å²) in [7, 11) is 0. The average Bonchev–Trinajstić information content (AvgIpc) is 3.04. The summed E-state index contributed by atoms with van der Waals surface area (Å²) in [6.45, 7) is 0. The van der Waals surface area contributed by atoms with Gasteiger partial charge in [0.1, 0.15) is 5.57 Å². The molecule has 1 aromatic heterocycles. The summed E-state index contributed by atoms with van der Waals surface area (Å²) < 4.78 is 0. The minimum absolute atomic E-state index is 0.0630. The molecule has 2 heterocycles. The number of hydrogen-bond acceptors (Lipinski definition) is 4. The van der Waals surface area contributed by atoms with Crippen molar-refractivity contribution in [2.45, 2.75) is 19.3 Å². The smallest absolute Gasteiger partial charge is 0.270 e. The van der Waals surface area contributed by atoms with Crippen LogP contribution in [0, 0.1) is 0 Å². The first-order chi connectivity index (χ1) is 15.0. The number of carbonyl (C=O) groups is 2. The summed E-state index contributed by atoms with van der Waals surface area (Å²) in [6.07, 6.45) is 4.50. The lowest BCUT2D eigenvalue weighted by atomic mass is 10.0. The molecule has 0 unspecified atom stereocenters. The van der Waals surface area contributed by atoms with Crippen LogP contribution in [0.4, 0.5) is 5.69 Å². The Bertz CT molecular complexity index is 1260. The molecule has 2 aromatic carbocycles. The minimum atomic E-state index is -0.478. The number of hydrogen-bond donors (Lipinski definition) is 1. The zero-order chi connectivity index (χ0) is 21.5. The van der Waals surface area contributed by atoms with E-state index in [1.165, 1.54) is 26.5 Å². The molecule has 3 aromatic rings. The predicted molar refractivity (Wildman–Crippen MR) is 129 cm³/mol. The first-order valence-corrected chi connectivity index (χ1v) is 11.5. The van der Waals surface area contributed by atoms with Crippen LogP contribution in [0.5, 0.6) is 0 Å². The zero-order valence-corrected chi connectivity index (χ0v) is 18.7. The van der Waals surface area contributed by atoms with Crippen molar-refractivity contribution in [2.24, 2.45) is 0 Å². The number of anilines is 1. The lowest BCUT2D eigenvalue weighted by molar-refractivity contribution is -0.122. The number of fused-ring (bicyclic) bond motifs is 2. The Morgan fingerprint density at radius 3 is 2.52 bits per heavy atom. The van der Waals surface area contributed by atoms with Gasteiger partial charge in [-0.25, -0.2) is 0 Å². The van der Waals surface area contributed by atoms with Crippen molar-refractivity contribution >= 4 is 63.8 Å². The molecular formula is C24H17ClN2O2S2. The van der Waals surface area contributed by atoms with Gasteiger partial charge in [0.15, 0.2) is 5.11 Å². The van der Waals surface area contributed by atoms with E-state index in [2.05, 4.69) is 35.6 Å². The van der Waals surface area contributed by atoms with Crippen LogP contribution in [0.3, 0.4) is 0 Å². The quantitative estimate of drug-likeness (QED) is 0.332. The van der Waals surface area contributed by atoms with Gasteiger partial charge in [0.2, 0.25) is 0 Å². The van der Waals surface area contributed by atoms with Crippen molar-refractivity contribution in [1.82, 2.24) is 5.32 Å². The van der Waals surface area contributed by atoms with Gasteiger partial charge in [-0.2, -0.15) is 0 Å². The molecule has 4 nitrogen and oxygen atoms in total. The second kappa shape index (κ2) is 8.04. The topological polar surface area (TPSA) is 49.4 Å². The number of thiophene rings is 1. The van der Waals surface area contributed by atoms with E-state index >= 15 is 0 Å².